The van der Waals surface area contributed by atoms with E-state index in [1.807, 2.05) is 0 Å². The molecule has 0 saturated heterocycles. The van der Waals surface area contributed by atoms with Crippen LogP contribution >= 0.6 is 0 Å². The van der Waals surface area contributed by atoms with Crippen molar-refractivity contribution >= 4 is 0 Å². The van der Waals surface area contributed by atoms with E-state index >= 15 is 0 Å². The minimum absolute atomic E-state index is 0.300. The number of H-pyrrole nitrogens is 1. The lowest BCUT2D eigenvalue weighted by atomic mass is 10.4. The maximum atomic E-state index is 11.4. The third-order valence-corrected chi connectivity index (χ3v) is 2.55. The Morgan fingerprint density at radius 1 is 1.53 bits per heavy atom. The average molecular weight is 209 g/mol. The van der Waals surface area contributed by atoms with Gasteiger partial charge < -0.3 is 5.32 Å². The molecule has 2 rings (SSSR count). The fourth-order valence-electron chi connectivity index (χ4n) is 1.46. The SMILES string of the molecule is Cc1cn(CCNC2CC2)c(=O)[nH]c1=O. The smallest absolute Gasteiger partial charge is 0.312 e. The first-order valence-corrected chi connectivity index (χ1v) is 5.20. The number of aryl methyl sites for hydroxylation is 1. The van der Waals surface area contributed by atoms with Crippen LogP contribution in [0.25, 0.3) is 0 Å². The number of rotatable bonds is 4. The molecule has 0 aromatic carbocycles. The van der Waals surface area contributed by atoms with Crippen LogP contribution < -0.4 is 16.6 Å². The molecule has 0 amide bonds. The van der Waals surface area contributed by atoms with E-state index in [4.69, 9.17) is 0 Å². The molecule has 1 aromatic heterocycles. The van der Waals surface area contributed by atoms with Crippen LogP contribution in [0.3, 0.4) is 0 Å². The quantitative estimate of drug-likeness (QED) is 0.709. The Balaban J connectivity index is 2.03. The molecule has 0 unspecified atom stereocenters. The highest BCUT2D eigenvalue weighted by Crippen LogP contribution is 2.17. The number of aromatic amines is 1. The van der Waals surface area contributed by atoms with Crippen LogP contribution in [0.1, 0.15) is 18.4 Å². The van der Waals surface area contributed by atoms with Gasteiger partial charge in [0.25, 0.3) is 5.56 Å². The summed E-state index contributed by atoms with van der Waals surface area (Å²) in [5.74, 6) is 0. The number of hydrogen-bond donors (Lipinski definition) is 2. The molecule has 0 aliphatic heterocycles. The lowest BCUT2D eigenvalue weighted by Gasteiger charge is -2.06. The van der Waals surface area contributed by atoms with Gasteiger partial charge in [-0.3, -0.25) is 14.3 Å². The molecule has 2 N–H and O–H groups in total. The van der Waals surface area contributed by atoms with E-state index in [-0.39, 0.29) is 11.2 Å². The number of nitrogens with zero attached hydrogens (tertiary/aromatic N) is 1. The molecule has 0 bridgehead atoms. The topological polar surface area (TPSA) is 66.9 Å². The van der Waals surface area contributed by atoms with E-state index in [1.54, 1.807) is 13.1 Å². The summed E-state index contributed by atoms with van der Waals surface area (Å²) in [5, 5.41) is 3.31. The van der Waals surface area contributed by atoms with E-state index in [9.17, 15) is 9.59 Å². The van der Waals surface area contributed by atoms with Crippen LogP contribution in [0.15, 0.2) is 15.8 Å². The molecule has 0 radical (unpaired) electrons. The third kappa shape index (κ3) is 2.56. The largest absolute Gasteiger partial charge is 0.328 e. The van der Waals surface area contributed by atoms with Crippen molar-refractivity contribution in [2.45, 2.75) is 32.4 Å². The first kappa shape index (κ1) is 10.2. The summed E-state index contributed by atoms with van der Waals surface area (Å²) in [6.07, 6.45) is 4.08. The molecule has 82 valence electrons. The fourth-order valence-corrected chi connectivity index (χ4v) is 1.46. The maximum absolute atomic E-state index is 11.4. The molecule has 1 saturated carbocycles. The summed E-state index contributed by atoms with van der Waals surface area (Å²) in [7, 11) is 0. The van der Waals surface area contributed by atoms with Crippen LogP contribution in [-0.2, 0) is 6.54 Å². The summed E-state index contributed by atoms with van der Waals surface area (Å²) in [6, 6.07) is 0.643. The van der Waals surface area contributed by atoms with Crippen molar-refractivity contribution in [3.8, 4) is 0 Å². The minimum Gasteiger partial charge on any atom is -0.312 e. The van der Waals surface area contributed by atoms with Crippen molar-refractivity contribution < 1.29 is 0 Å². The van der Waals surface area contributed by atoms with Gasteiger partial charge in [-0.05, 0) is 19.8 Å². The minimum atomic E-state index is -0.330. The van der Waals surface area contributed by atoms with Gasteiger partial charge >= 0.3 is 5.69 Å². The van der Waals surface area contributed by atoms with E-state index in [0.29, 0.717) is 18.2 Å². The summed E-state index contributed by atoms with van der Waals surface area (Å²) in [4.78, 5) is 24.7. The van der Waals surface area contributed by atoms with E-state index in [0.717, 1.165) is 6.54 Å². The highest BCUT2D eigenvalue weighted by atomic mass is 16.2. The Hall–Kier alpha value is -1.36. The zero-order valence-corrected chi connectivity index (χ0v) is 8.75. The second-order valence-corrected chi connectivity index (χ2v) is 3.99. The number of aromatic nitrogens is 2. The highest BCUT2D eigenvalue weighted by molar-refractivity contribution is 5.00. The zero-order chi connectivity index (χ0) is 10.8. The molecule has 1 heterocycles. The lowest BCUT2D eigenvalue weighted by molar-refractivity contribution is 0.570. The summed E-state index contributed by atoms with van der Waals surface area (Å²) < 4.78 is 1.53. The average Bonchev–Trinajstić information content (AvgIpc) is 2.97. The molecule has 1 aromatic rings. The molecular formula is C10H15N3O2. The number of nitrogens with one attached hydrogen (secondary N) is 2. The standard InChI is InChI=1S/C10H15N3O2/c1-7-6-13(10(15)12-9(7)14)5-4-11-8-2-3-8/h6,8,11H,2-5H2,1H3,(H,12,14,15). The first-order chi connectivity index (χ1) is 7.16. The molecule has 1 aliphatic rings. The second-order valence-electron chi connectivity index (χ2n) is 3.99. The van der Waals surface area contributed by atoms with Crippen LogP contribution in [0, 0.1) is 6.92 Å². The van der Waals surface area contributed by atoms with E-state index in [1.165, 1.54) is 17.4 Å². The van der Waals surface area contributed by atoms with Crippen LogP contribution in [0.4, 0.5) is 0 Å². The molecule has 0 atom stereocenters. The fraction of sp³-hybridized carbons (Fsp3) is 0.600. The molecule has 0 spiro atoms. The van der Waals surface area contributed by atoms with Crippen molar-refractivity contribution in [3.63, 3.8) is 0 Å². The maximum Gasteiger partial charge on any atom is 0.328 e. The Bertz CT molecular complexity index is 456. The molecule has 15 heavy (non-hydrogen) atoms. The third-order valence-electron chi connectivity index (χ3n) is 2.55. The molecule has 5 nitrogen and oxygen atoms in total. The monoisotopic (exact) mass is 209 g/mol. The van der Waals surface area contributed by atoms with Crippen molar-refractivity contribution in [2.24, 2.45) is 0 Å². The van der Waals surface area contributed by atoms with Gasteiger partial charge in [0.05, 0.1) is 0 Å². The van der Waals surface area contributed by atoms with Crippen molar-refractivity contribution in [3.05, 3.63) is 32.6 Å². The zero-order valence-electron chi connectivity index (χ0n) is 8.75. The van der Waals surface area contributed by atoms with Crippen molar-refractivity contribution in [1.82, 2.24) is 14.9 Å². The number of hydrogen-bond acceptors (Lipinski definition) is 3. The van der Waals surface area contributed by atoms with Gasteiger partial charge in [0, 0.05) is 30.9 Å². The predicted molar refractivity (Wildman–Crippen MR) is 57.1 cm³/mol. The van der Waals surface area contributed by atoms with Gasteiger partial charge in [-0.1, -0.05) is 0 Å². The summed E-state index contributed by atoms with van der Waals surface area (Å²) in [5.41, 5.74) is -0.0596. The highest BCUT2D eigenvalue weighted by Gasteiger charge is 2.19. The Morgan fingerprint density at radius 3 is 2.93 bits per heavy atom. The molecular weight excluding hydrogens is 194 g/mol. The van der Waals surface area contributed by atoms with Gasteiger partial charge in [0.2, 0.25) is 0 Å². The molecule has 1 aliphatic carbocycles. The van der Waals surface area contributed by atoms with Gasteiger partial charge in [0.15, 0.2) is 0 Å². The molecule has 5 heteroatoms. The van der Waals surface area contributed by atoms with Crippen LogP contribution in [0.5, 0.6) is 0 Å². The Labute approximate surface area is 87.1 Å². The second kappa shape index (κ2) is 4.02. The predicted octanol–water partition coefficient (Wildman–Crippen LogP) is -0.403. The Kier molecular flexibility index (Phi) is 2.73. The van der Waals surface area contributed by atoms with E-state index < -0.39 is 0 Å². The summed E-state index contributed by atoms with van der Waals surface area (Å²) >= 11 is 0. The molecule has 1 fully saturated rings. The summed E-state index contributed by atoms with van der Waals surface area (Å²) in [6.45, 7) is 3.08. The first-order valence-electron chi connectivity index (χ1n) is 5.20. The van der Waals surface area contributed by atoms with Gasteiger partial charge in [-0.25, -0.2) is 4.79 Å². The van der Waals surface area contributed by atoms with E-state index in [2.05, 4.69) is 10.3 Å². The van der Waals surface area contributed by atoms with Gasteiger partial charge in [0.1, 0.15) is 0 Å². The Morgan fingerprint density at radius 2 is 2.27 bits per heavy atom. The van der Waals surface area contributed by atoms with Gasteiger partial charge in [-0.15, -0.1) is 0 Å². The van der Waals surface area contributed by atoms with Crippen LogP contribution in [0.2, 0.25) is 0 Å². The van der Waals surface area contributed by atoms with Crippen molar-refractivity contribution in [1.29, 1.82) is 0 Å². The van der Waals surface area contributed by atoms with Crippen LogP contribution in [-0.4, -0.2) is 22.1 Å². The normalized spacial score (nSPS) is 15.5. The van der Waals surface area contributed by atoms with Gasteiger partial charge in [-0.2, -0.15) is 0 Å². The van der Waals surface area contributed by atoms with Crippen molar-refractivity contribution in [2.75, 3.05) is 6.54 Å². The lowest BCUT2D eigenvalue weighted by Crippen LogP contribution is -2.34.